The predicted octanol–water partition coefficient (Wildman–Crippen LogP) is 1.82. The third kappa shape index (κ3) is 2.95. The van der Waals surface area contributed by atoms with E-state index in [9.17, 15) is 9.59 Å². The van der Waals surface area contributed by atoms with Gasteiger partial charge in [-0.3, -0.25) is 19.6 Å². The zero-order valence-electron chi connectivity index (χ0n) is 12.1. The summed E-state index contributed by atoms with van der Waals surface area (Å²) in [6, 6.07) is 8.77. The number of nitrogens with zero attached hydrogens (tertiary/aromatic N) is 2. The number of thioether (sulfide) groups is 1. The Hall–Kier alpha value is -2.67. The summed E-state index contributed by atoms with van der Waals surface area (Å²) >= 11 is 1.14. The van der Waals surface area contributed by atoms with E-state index >= 15 is 0 Å². The number of carbonyl (C=O) groups is 2. The van der Waals surface area contributed by atoms with E-state index in [0.717, 1.165) is 11.8 Å². The van der Waals surface area contributed by atoms with Crippen LogP contribution in [0.1, 0.15) is 12.1 Å². The maximum Gasteiger partial charge on any atom is 0.261 e. The summed E-state index contributed by atoms with van der Waals surface area (Å²) in [7, 11) is 0. The maximum atomic E-state index is 12.4. The number of amides is 2. The van der Waals surface area contributed by atoms with E-state index in [0.29, 0.717) is 22.7 Å². The zero-order chi connectivity index (χ0) is 16.3. The summed E-state index contributed by atoms with van der Waals surface area (Å²) in [5, 5.41) is 2.75. The molecule has 1 aliphatic rings. The molecule has 0 saturated heterocycles. The average Bonchev–Trinajstić information content (AvgIpc) is 3.03. The van der Waals surface area contributed by atoms with Gasteiger partial charge in [0.15, 0.2) is 0 Å². The number of hydrogen-bond donors (Lipinski definition) is 2. The fourth-order valence-corrected chi connectivity index (χ4v) is 3.49. The van der Waals surface area contributed by atoms with Crippen LogP contribution in [0, 0.1) is 0 Å². The fraction of sp³-hybridized carbons (Fsp3) is 0.125. The topological polar surface area (TPSA) is 98.0 Å². The van der Waals surface area contributed by atoms with E-state index in [-0.39, 0.29) is 5.91 Å². The van der Waals surface area contributed by atoms with Crippen molar-refractivity contribution in [2.45, 2.75) is 11.2 Å². The molecule has 2 aromatic rings. The lowest BCUT2D eigenvalue weighted by atomic mass is 9.99. The lowest BCUT2D eigenvalue weighted by molar-refractivity contribution is -0.120. The van der Waals surface area contributed by atoms with Crippen LogP contribution in [-0.2, 0) is 14.3 Å². The Morgan fingerprint density at radius 2 is 2.09 bits per heavy atom. The van der Waals surface area contributed by atoms with Crippen molar-refractivity contribution in [1.82, 2.24) is 9.97 Å². The molecule has 2 aromatic heterocycles. The molecule has 116 valence electrons. The van der Waals surface area contributed by atoms with Crippen molar-refractivity contribution in [1.29, 1.82) is 0 Å². The predicted molar refractivity (Wildman–Crippen MR) is 88.3 cm³/mol. The molecule has 2 amide bonds. The number of pyridine rings is 2. The molecule has 0 fully saturated rings. The molecule has 0 aromatic carbocycles. The van der Waals surface area contributed by atoms with Crippen molar-refractivity contribution in [2.24, 2.45) is 5.73 Å². The van der Waals surface area contributed by atoms with Gasteiger partial charge in [-0.25, -0.2) is 0 Å². The normalized spacial score (nSPS) is 19.9. The molecular weight excluding hydrogens is 312 g/mol. The van der Waals surface area contributed by atoms with E-state index in [4.69, 9.17) is 5.73 Å². The highest BCUT2D eigenvalue weighted by atomic mass is 32.2. The standard InChI is InChI=1S/C16H14N4O2S/c17-15(22)16(13-5-1-2-9-19-13)7-6-12(23-16)14(21)20-11-4-3-8-18-10-11/h1-6,8-10H,7H2,(H2,17,22)(H,20,21). The Morgan fingerprint density at radius 1 is 1.22 bits per heavy atom. The Balaban J connectivity index is 1.80. The molecule has 0 saturated carbocycles. The first-order valence-electron chi connectivity index (χ1n) is 6.94. The minimum atomic E-state index is -1.04. The van der Waals surface area contributed by atoms with Crippen molar-refractivity contribution >= 4 is 29.3 Å². The molecule has 1 atom stereocenters. The van der Waals surface area contributed by atoms with E-state index < -0.39 is 10.7 Å². The summed E-state index contributed by atoms with van der Waals surface area (Å²) in [5.41, 5.74) is 6.75. The number of rotatable bonds is 4. The average molecular weight is 326 g/mol. The Bertz CT molecular complexity index is 764. The number of primary amides is 1. The second-order valence-corrected chi connectivity index (χ2v) is 6.32. The van der Waals surface area contributed by atoms with Crippen LogP contribution in [-0.4, -0.2) is 21.8 Å². The first-order valence-corrected chi connectivity index (χ1v) is 7.75. The molecule has 1 aliphatic heterocycles. The van der Waals surface area contributed by atoms with E-state index in [1.807, 2.05) is 0 Å². The molecule has 3 rings (SSSR count). The van der Waals surface area contributed by atoms with Gasteiger partial charge in [0, 0.05) is 12.4 Å². The van der Waals surface area contributed by atoms with Crippen molar-refractivity contribution < 1.29 is 9.59 Å². The Morgan fingerprint density at radius 3 is 2.74 bits per heavy atom. The third-order valence-electron chi connectivity index (χ3n) is 3.48. The van der Waals surface area contributed by atoms with Gasteiger partial charge in [0.05, 0.1) is 22.5 Å². The van der Waals surface area contributed by atoms with Crippen molar-refractivity contribution in [3.05, 3.63) is 65.6 Å². The Kier molecular flexibility index (Phi) is 4.12. The molecule has 7 heteroatoms. The van der Waals surface area contributed by atoms with Crippen LogP contribution in [0.3, 0.4) is 0 Å². The monoisotopic (exact) mass is 326 g/mol. The molecular formula is C16H14N4O2S. The van der Waals surface area contributed by atoms with Crippen molar-refractivity contribution in [3.8, 4) is 0 Å². The number of allylic oxidation sites excluding steroid dienone is 1. The molecule has 0 aliphatic carbocycles. The van der Waals surface area contributed by atoms with Gasteiger partial charge in [-0.15, -0.1) is 0 Å². The lowest BCUT2D eigenvalue weighted by Gasteiger charge is -2.24. The summed E-state index contributed by atoms with van der Waals surface area (Å²) in [6.07, 6.45) is 6.83. The smallest absolute Gasteiger partial charge is 0.261 e. The molecule has 23 heavy (non-hydrogen) atoms. The number of anilines is 1. The largest absolute Gasteiger partial charge is 0.368 e. The van der Waals surface area contributed by atoms with Gasteiger partial charge >= 0.3 is 0 Å². The first-order chi connectivity index (χ1) is 11.1. The SMILES string of the molecule is NC(=O)C1(c2ccccn2)CC=C(C(=O)Nc2cccnc2)S1. The van der Waals surface area contributed by atoms with Crippen LogP contribution in [0.2, 0.25) is 0 Å². The van der Waals surface area contributed by atoms with Crippen molar-refractivity contribution in [2.75, 3.05) is 5.32 Å². The zero-order valence-corrected chi connectivity index (χ0v) is 12.9. The molecule has 1 unspecified atom stereocenters. The van der Waals surface area contributed by atoms with E-state index in [2.05, 4.69) is 15.3 Å². The highest BCUT2D eigenvalue weighted by molar-refractivity contribution is 8.05. The highest BCUT2D eigenvalue weighted by Crippen LogP contribution is 2.48. The number of hydrogen-bond acceptors (Lipinski definition) is 5. The van der Waals surface area contributed by atoms with Crippen LogP contribution in [0.25, 0.3) is 0 Å². The van der Waals surface area contributed by atoms with Crippen LogP contribution in [0.4, 0.5) is 5.69 Å². The van der Waals surface area contributed by atoms with Gasteiger partial charge in [0.25, 0.3) is 5.91 Å². The molecule has 0 spiro atoms. The second-order valence-electron chi connectivity index (χ2n) is 4.98. The number of nitrogens with one attached hydrogen (secondary N) is 1. The van der Waals surface area contributed by atoms with Gasteiger partial charge in [-0.1, -0.05) is 23.9 Å². The van der Waals surface area contributed by atoms with Crippen LogP contribution in [0.5, 0.6) is 0 Å². The Labute approximate surface area is 137 Å². The second kappa shape index (κ2) is 6.21. The van der Waals surface area contributed by atoms with Gasteiger partial charge in [-0.05, 0) is 30.7 Å². The maximum absolute atomic E-state index is 12.4. The van der Waals surface area contributed by atoms with Gasteiger partial charge in [0.1, 0.15) is 4.75 Å². The van der Waals surface area contributed by atoms with Gasteiger partial charge in [0.2, 0.25) is 5.91 Å². The minimum Gasteiger partial charge on any atom is -0.368 e. The summed E-state index contributed by atoms with van der Waals surface area (Å²) in [6.45, 7) is 0. The van der Waals surface area contributed by atoms with Crippen LogP contribution < -0.4 is 11.1 Å². The van der Waals surface area contributed by atoms with Crippen molar-refractivity contribution in [3.63, 3.8) is 0 Å². The number of aromatic nitrogens is 2. The molecule has 0 radical (unpaired) electrons. The van der Waals surface area contributed by atoms with E-state index in [1.54, 1.807) is 55.0 Å². The summed E-state index contributed by atoms with van der Waals surface area (Å²) in [5.74, 6) is -0.802. The fourth-order valence-electron chi connectivity index (χ4n) is 2.31. The van der Waals surface area contributed by atoms with E-state index in [1.165, 1.54) is 0 Å². The molecule has 3 N–H and O–H groups in total. The quantitative estimate of drug-likeness (QED) is 0.893. The van der Waals surface area contributed by atoms with Gasteiger partial charge in [-0.2, -0.15) is 0 Å². The minimum absolute atomic E-state index is 0.290. The third-order valence-corrected chi connectivity index (χ3v) is 4.98. The number of carbonyl (C=O) groups excluding carboxylic acids is 2. The molecule has 3 heterocycles. The first kappa shape index (κ1) is 15.2. The molecule has 0 bridgehead atoms. The summed E-state index contributed by atoms with van der Waals surface area (Å²) in [4.78, 5) is 33.0. The highest BCUT2D eigenvalue weighted by Gasteiger charge is 2.45. The number of nitrogens with two attached hydrogens (primary N) is 1. The lowest BCUT2D eigenvalue weighted by Crippen LogP contribution is -2.37. The van der Waals surface area contributed by atoms with Crippen LogP contribution >= 0.6 is 11.8 Å². The van der Waals surface area contributed by atoms with Crippen LogP contribution in [0.15, 0.2) is 59.9 Å². The summed E-state index contributed by atoms with van der Waals surface area (Å²) < 4.78 is -1.04. The van der Waals surface area contributed by atoms with Gasteiger partial charge < -0.3 is 11.1 Å². The molecule has 6 nitrogen and oxygen atoms in total.